The summed E-state index contributed by atoms with van der Waals surface area (Å²) in [5.41, 5.74) is 4.48. The molecule has 0 amide bonds. The zero-order valence-electron chi connectivity index (χ0n) is 19.1. The van der Waals surface area contributed by atoms with E-state index < -0.39 is 12.7 Å². The highest BCUT2D eigenvalue weighted by Crippen LogP contribution is 2.56. The topological polar surface area (TPSA) is 105 Å². The Hall–Kier alpha value is -4.29. The van der Waals surface area contributed by atoms with Gasteiger partial charge in [0.05, 0.1) is 37.2 Å². The van der Waals surface area contributed by atoms with Gasteiger partial charge in [-0.25, -0.2) is 14.5 Å². The molecule has 0 spiro atoms. The van der Waals surface area contributed by atoms with E-state index in [4.69, 9.17) is 9.47 Å². The molecule has 184 valence electrons. The van der Waals surface area contributed by atoms with Gasteiger partial charge in [-0.15, -0.1) is 0 Å². The number of nitrogens with zero attached hydrogens (tertiary/aromatic N) is 8. The minimum absolute atomic E-state index is 0.0703. The fourth-order valence-electron chi connectivity index (χ4n) is 4.50. The van der Waals surface area contributed by atoms with E-state index in [2.05, 4.69) is 30.1 Å². The molecular formula is C23H19F3N8O2. The molecule has 2 atom stereocenters. The SMILES string of the molecule is COc1ncc(-c2cc([C@H]3C[C@@H]3c3cnc4cnn(CC(F)(F)F)c4c3)c3nccn3n2)c(OC)n1. The Morgan fingerprint density at radius 1 is 1.03 bits per heavy atom. The number of fused-ring (bicyclic) bond motifs is 2. The highest BCUT2D eigenvalue weighted by atomic mass is 19.4. The van der Waals surface area contributed by atoms with Crippen LogP contribution in [-0.4, -0.2) is 59.7 Å². The second-order valence-corrected chi connectivity index (χ2v) is 8.50. The Morgan fingerprint density at radius 2 is 1.89 bits per heavy atom. The van der Waals surface area contributed by atoms with Crippen molar-refractivity contribution < 1.29 is 22.6 Å². The van der Waals surface area contributed by atoms with E-state index in [-0.39, 0.29) is 17.8 Å². The lowest BCUT2D eigenvalue weighted by Gasteiger charge is -2.11. The molecule has 0 aromatic carbocycles. The van der Waals surface area contributed by atoms with Crippen LogP contribution < -0.4 is 9.47 Å². The molecule has 0 bridgehead atoms. The number of imidazole rings is 1. The lowest BCUT2D eigenvalue weighted by molar-refractivity contribution is -0.141. The molecule has 0 radical (unpaired) electrons. The van der Waals surface area contributed by atoms with E-state index in [1.54, 1.807) is 35.4 Å². The average Bonchev–Trinajstić information content (AvgIpc) is 3.35. The lowest BCUT2D eigenvalue weighted by Crippen LogP contribution is -2.18. The predicted octanol–water partition coefficient (Wildman–Crippen LogP) is 3.78. The first kappa shape index (κ1) is 22.2. The maximum Gasteiger partial charge on any atom is 0.408 e. The van der Waals surface area contributed by atoms with Gasteiger partial charge in [-0.3, -0.25) is 9.67 Å². The Bertz CT molecular complexity index is 1600. The van der Waals surface area contributed by atoms with E-state index in [0.717, 1.165) is 22.2 Å². The van der Waals surface area contributed by atoms with Crippen LogP contribution in [-0.2, 0) is 6.54 Å². The number of hydrogen-bond donors (Lipinski definition) is 0. The fraction of sp³-hybridized carbons (Fsp3) is 0.304. The Kier molecular flexibility index (Phi) is 5.02. The minimum Gasteiger partial charge on any atom is -0.480 e. The Morgan fingerprint density at radius 3 is 2.67 bits per heavy atom. The molecule has 6 rings (SSSR count). The smallest absolute Gasteiger partial charge is 0.408 e. The van der Waals surface area contributed by atoms with Crippen LogP contribution in [0.4, 0.5) is 13.2 Å². The van der Waals surface area contributed by atoms with E-state index in [0.29, 0.717) is 33.8 Å². The number of pyridine rings is 1. The van der Waals surface area contributed by atoms with Crippen LogP contribution in [0.5, 0.6) is 11.9 Å². The molecule has 5 aromatic rings. The maximum absolute atomic E-state index is 13.0. The number of aromatic nitrogens is 8. The summed E-state index contributed by atoms with van der Waals surface area (Å²) in [6, 6.07) is 3.85. The van der Waals surface area contributed by atoms with Crippen molar-refractivity contribution in [3.8, 4) is 23.1 Å². The third-order valence-corrected chi connectivity index (χ3v) is 6.23. The lowest BCUT2D eigenvalue weighted by atomic mass is 10.0. The van der Waals surface area contributed by atoms with Crippen LogP contribution in [0, 0.1) is 0 Å². The number of halogens is 3. The summed E-state index contributed by atoms with van der Waals surface area (Å²) >= 11 is 0. The van der Waals surface area contributed by atoms with Gasteiger partial charge in [0, 0.05) is 30.4 Å². The zero-order valence-corrected chi connectivity index (χ0v) is 19.1. The Labute approximate surface area is 201 Å². The quantitative estimate of drug-likeness (QED) is 0.350. The van der Waals surface area contributed by atoms with Gasteiger partial charge in [-0.2, -0.15) is 28.4 Å². The van der Waals surface area contributed by atoms with Gasteiger partial charge in [0.25, 0.3) is 0 Å². The van der Waals surface area contributed by atoms with E-state index in [9.17, 15) is 13.2 Å². The average molecular weight is 496 g/mol. The van der Waals surface area contributed by atoms with Gasteiger partial charge in [0.15, 0.2) is 5.65 Å². The molecule has 13 heteroatoms. The number of rotatable bonds is 6. The summed E-state index contributed by atoms with van der Waals surface area (Å²) < 4.78 is 52.1. The summed E-state index contributed by atoms with van der Waals surface area (Å²) in [6.07, 6.45) is 4.48. The van der Waals surface area contributed by atoms with Crippen LogP contribution in [0.25, 0.3) is 27.9 Å². The molecule has 36 heavy (non-hydrogen) atoms. The minimum atomic E-state index is -4.37. The molecule has 1 aliphatic carbocycles. The van der Waals surface area contributed by atoms with Crippen molar-refractivity contribution in [3.63, 3.8) is 0 Å². The first-order chi connectivity index (χ1) is 17.3. The van der Waals surface area contributed by atoms with Gasteiger partial charge in [-0.05, 0) is 36.0 Å². The molecular weight excluding hydrogens is 477 g/mol. The van der Waals surface area contributed by atoms with Crippen LogP contribution >= 0.6 is 0 Å². The first-order valence-electron chi connectivity index (χ1n) is 11.0. The van der Waals surface area contributed by atoms with Crippen molar-refractivity contribution in [1.82, 2.24) is 39.3 Å². The van der Waals surface area contributed by atoms with Crippen molar-refractivity contribution in [2.45, 2.75) is 31.0 Å². The second kappa shape index (κ2) is 8.14. The normalized spacial score (nSPS) is 17.6. The molecule has 10 nitrogen and oxygen atoms in total. The van der Waals surface area contributed by atoms with E-state index >= 15 is 0 Å². The molecule has 1 saturated carbocycles. The zero-order chi connectivity index (χ0) is 25.0. The van der Waals surface area contributed by atoms with Gasteiger partial charge < -0.3 is 9.47 Å². The van der Waals surface area contributed by atoms with E-state index in [1.165, 1.54) is 20.4 Å². The highest BCUT2D eigenvalue weighted by Gasteiger charge is 2.42. The monoisotopic (exact) mass is 496 g/mol. The highest BCUT2D eigenvalue weighted by molar-refractivity contribution is 5.75. The van der Waals surface area contributed by atoms with Crippen LogP contribution in [0.2, 0.25) is 0 Å². The third kappa shape index (κ3) is 3.85. The largest absolute Gasteiger partial charge is 0.480 e. The molecule has 0 saturated heterocycles. The number of alkyl halides is 3. The third-order valence-electron chi connectivity index (χ3n) is 6.23. The number of ether oxygens (including phenoxy) is 2. The van der Waals surface area contributed by atoms with Crippen LogP contribution in [0.3, 0.4) is 0 Å². The van der Waals surface area contributed by atoms with Gasteiger partial charge >= 0.3 is 12.2 Å². The van der Waals surface area contributed by atoms with Crippen molar-refractivity contribution >= 4 is 16.7 Å². The van der Waals surface area contributed by atoms with E-state index in [1.807, 2.05) is 6.07 Å². The molecule has 5 heterocycles. The maximum atomic E-state index is 13.0. The van der Waals surface area contributed by atoms with Crippen molar-refractivity contribution in [2.75, 3.05) is 14.2 Å². The van der Waals surface area contributed by atoms with Crippen LogP contribution in [0.15, 0.2) is 43.1 Å². The predicted molar refractivity (Wildman–Crippen MR) is 121 cm³/mol. The fourth-order valence-corrected chi connectivity index (χ4v) is 4.50. The summed E-state index contributed by atoms with van der Waals surface area (Å²) in [5, 5.41) is 8.51. The summed E-state index contributed by atoms with van der Waals surface area (Å²) in [5.74, 6) is 0.473. The first-order valence-corrected chi connectivity index (χ1v) is 11.0. The van der Waals surface area contributed by atoms with Crippen molar-refractivity contribution in [2.24, 2.45) is 0 Å². The van der Waals surface area contributed by atoms with Crippen LogP contribution in [0.1, 0.15) is 29.4 Å². The molecule has 1 aliphatic rings. The Balaban J connectivity index is 1.37. The number of methoxy groups -OCH3 is 2. The van der Waals surface area contributed by atoms with Crippen molar-refractivity contribution in [3.05, 3.63) is 54.2 Å². The van der Waals surface area contributed by atoms with Crippen molar-refractivity contribution in [1.29, 1.82) is 0 Å². The standard InChI is InChI=1S/C23H19F3N8O2/c1-35-21-16(9-29-22(31-21)36-2)17-7-15(20-27-3-4-33(20)32-17)14-6-13(14)12-5-19-18(28-8-12)10-30-34(19)11-23(24,25)26/h3-5,7-10,13-14H,6,11H2,1-2H3/t13-,14+/m1/s1. The second-order valence-electron chi connectivity index (χ2n) is 8.50. The molecule has 0 aliphatic heterocycles. The van der Waals surface area contributed by atoms with Gasteiger partial charge in [-0.1, -0.05) is 0 Å². The van der Waals surface area contributed by atoms with Gasteiger partial charge in [0.1, 0.15) is 12.1 Å². The molecule has 5 aromatic heterocycles. The molecule has 1 fully saturated rings. The summed E-state index contributed by atoms with van der Waals surface area (Å²) in [7, 11) is 2.98. The molecule has 0 N–H and O–H groups in total. The summed E-state index contributed by atoms with van der Waals surface area (Å²) in [6.45, 7) is -1.16. The summed E-state index contributed by atoms with van der Waals surface area (Å²) in [4.78, 5) is 17.3. The van der Waals surface area contributed by atoms with Gasteiger partial charge in [0.2, 0.25) is 5.88 Å². The number of hydrogen-bond acceptors (Lipinski definition) is 8. The molecule has 0 unspecified atom stereocenters.